The summed E-state index contributed by atoms with van der Waals surface area (Å²) in [4.78, 5) is 0. The maximum Gasteiger partial charge on any atom is 0.0208 e. The van der Waals surface area contributed by atoms with Gasteiger partial charge in [-0.15, -0.1) is 0 Å². The standard InChI is InChI=1S/C18H31N/c1-12(2)18(13(3)4)11-19-10-17-9-15(6)14(5)8-16(17)7/h8-9,12-13,18-19H,10-11H2,1-7H3. The number of nitrogens with one attached hydrogen (secondary N) is 1. The first kappa shape index (κ1) is 16.2. The van der Waals surface area contributed by atoms with Gasteiger partial charge < -0.3 is 5.32 Å². The summed E-state index contributed by atoms with van der Waals surface area (Å²) in [7, 11) is 0. The second-order valence-corrected chi connectivity index (χ2v) is 6.65. The van der Waals surface area contributed by atoms with E-state index < -0.39 is 0 Å². The fourth-order valence-corrected chi connectivity index (χ4v) is 2.83. The molecule has 1 nitrogen and oxygen atoms in total. The van der Waals surface area contributed by atoms with E-state index >= 15 is 0 Å². The highest BCUT2D eigenvalue weighted by atomic mass is 14.9. The molecule has 108 valence electrons. The first-order valence-electron chi connectivity index (χ1n) is 7.60. The van der Waals surface area contributed by atoms with Crippen molar-refractivity contribution >= 4 is 0 Å². The van der Waals surface area contributed by atoms with Gasteiger partial charge in [-0.1, -0.05) is 39.8 Å². The third kappa shape index (κ3) is 4.65. The molecule has 0 aliphatic rings. The molecule has 19 heavy (non-hydrogen) atoms. The number of hydrogen-bond donors (Lipinski definition) is 1. The second-order valence-electron chi connectivity index (χ2n) is 6.65. The van der Waals surface area contributed by atoms with E-state index in [9.17, 15) is 0 Å². The molecule has 1 aromatic rings. The van der Waals surface area contributed by atoms with Crippen LogP contribution in [-0.2, 0) is 6.54 Å². The van der Waals surface area contributed by atoms with Crippen LogP contribution in [-0.4, -0.2) is 6.54 Å². The third-order valence-electron chi connectivity index (χ3n) is 4.36. The lowest BCUT2D eigenvalue weighted by molar-refractivity contribution is 0.275. The molecule has 0 aromatic heterocycles. The van der Waals surface area contributed by atoms with E-state index in [0.29, 0.717) is 0 Å². The SMILES string of the molecule is Cc1cc(C)c(CNCC(C(C)C)C(C)C)cc1C. The number of hydrogen-bond acceptors (Lipinski definition) is 1. The van der Waals surface area contributed by atoms with Gasteiger partial charge in [0.15, 0.2) is 0 Å². The summed E-state index contributed by atoms with van der Waals surface area (Å²) >= 11 is 0. The Hall–Kier alpha value is -0.820. The molecule has 0 radical (unpaired) electrons. The molecule has 1 N–H and O–H groups in total. The highest BCUT2D eigenvalue weighted by molar-refractivity contribution is 5.36. The van der Waals surface area contributed by atoms with Crippen LogP contribution in [0.4, 0.5) is 0 Å². The van der Waals surface area contributed by atoms with E-state index in [4.69, 9.17) is 0 Å². The van der Waals surface area contributed by atoms with Gasteiger partial charge in [0.05, 0.1) is 0 Å². The molecule has 1 rings (SSSR count). The van der Waals surface area contributed by atoms with Crippen molar-refractivity contribution in [2.24, 2.45) is 17.8 Å². The summed E-state index contributed by atoms with van der Waals surface area (Å²) in [6, 6.07) is 4.63. The monoisotopic (exact) mass is 261 g/mol. The molecule has 0 saturated carbocycles. The Balaban J connectivity index is 2.60. The third-order valence-corrected chi connectivity index (χ3v) is 4.36. The van der Waals surface area contributed by atoms with Crippen LogP contribution in [0.15, 0.2) is 12.1 Å². The second kappa shape index (κ2) is 7.09. The average Bonchev–Trinajstić information content (AvgIpc) is 2.29. The minimum absolute atomic E-state index is 0.744. The molecule has 0 heterocycles. The van der Waals surface area contributed by atoms with Crippen molar-refractivity contribution in [1.29, 1.82) is 0 Å². The molecule has 0 atom stereocenters. The van der Waals surface area contributed by atoms with E-state index in [0.717, 1.165) is 30.8 Å². The zero-order chi connectivity index (χ0) is 14.6. The summed E-state index contributed by atoms with van der Waals surface area (Å²) < 4.78 is 0. The smallest absolute Gasteiger partial charge is 0.0208 e. The van der Waals surface area contributed by atoms with Crippen molar-refractivity contribution in [3.05, 3.63) is 34.4 Å². The fraction of sp³-hybridized carbons (Fsp3) is 0.667. The highest BCUT2D eigenvalue weighted by Crippen LogP contribution is 2.20. The molecule has 1 aromatic carbocycles. The van der Waals surface area contributed by atoms with Crippen LogP contribution in [0.2, 0.25) is 0 Å². The fourth-order valence-electron chi connectivity index (χ4n) is 2.83. The van der Waals surface area contributed by atoms with Crippen molar-refractivity contribution in [1.82, 2.24) is 5.32 Å². The Morgan fingerprint density at radius 2 is 1.37 bits per heavy atom. The quantitative estimate of drug-likeness (QED) is 0.787. The molecule has 0 fully saturated rings. The van der Waals surface area contributed by atoms with Gasteiger partial charge in [-0.25, -0.2) is 0 Å². The number of aryl methyl sites for hydroxylation is 3. The lowest BCUT2D eigenvalue weighted by Gasteiger charge is -2.25. The Bertz CT molecular complexity index is 396. The number of rotatable bonds is 6. The minimum Gasteiger partial charge on any atom is -0.312 e. The first-order valence-corrected chi connectivity index (χ1v) is 7.60. The maximum atomic E-state index is 3.65. The molecule has 0 aliphatic heterocycles. The van der Waals surface area contributed by atoms with Gasteiger partial charge in [-0.3, -0.25) is 0 Å². The van der Waals surface area contributed by atoms with Crippen molar-refractivity contribution < 1.29 is 0 Å². The van der Waals surface area contributed by atoms with Crippen LogP contribution in [0.1, 0.15) is 49.9 Å². The van der Waals surface area contributed by atoms with E-state index in [-0.39, 0.29) is 0 Å². The molecule has 0 amide bonds. The molecule has 0 spiro atoms. The Morgan fingerprint density at radius 3 is 1.89 bits per heavy atom. The Morgan fingerprint density at radius 1 is 0.842 bits per heavy atom. The largest absolute Gasteiger partial charge is 0.312 e. The van der Waals surface area contributed by atoms with Crippen LogP contribution < -0.4 is 5.32 Å². The molecular weight excluding hydrogens is 230 g/mol. The normalized spacial score (nSPS) is 11.9. The minimum atomic E-state index is 0.744. The highest BCUT2D eigenvalue weighted by Gasteiger charge is 2.16. The van der Waals surface area contributed by atoms with Gasteiger partial charge in [-0.05, 0) is 67.3 Å². The zero-order valence-corrected chi connectivity index (χ0v) is 13.8. The van der Waals surface area contributed by atoms with Crippen molar-refractivity contribution in [3.63, 3.8) is 0 Å². The zero-order valence-electron chi connectivity index (χ0n) is 13.8. The van der Waals surface area contributed by atoms with E-state index in [2.05, 4.69) is 65.9 Å². The summed E-state index contributed by atoms with van der Waals surface area (Å²) in [6.45, 7) is 18.0. The summed E-state index contributed by atoms with van der Waals surface area (Å²) in [6.07, 6.45) is 0. The van der Waals surface area contributed by atoms with Crippen LogP contribution in [0.3, 0.4) is 0 Å². The van der Waals surface area contributed by atoms with Crippen LogP contribution >= 0.6 is 0 Å². The van der Waals surface area contributed by atoms with Crippen LogP contribution in [0, 0.1) is 38.5 Å². The first-order chi connectivity index (χ1) is 8.82. The van der Waals surface area contributed by atoms with E-state index in [1.165, 1.54) is 22.3 Å². The van der Waals surface area contributed by atoms with E-state index in [1.54, 1.807) is 0 Å². The van der Waals surface area contributed by atoms with Crippen molar-refractivity contribution in [3.8, 4) is 0 Å². The molecule has 1 heteroatoms. The number of benzene rings is 1. The maximum absolute atomic E-state index is 3.65. The van der Waals surface area contributed by atoms with Crippen molar-refractivity contribution in [2.45, 2.75) is 55.0 Å². The molecule has 0 bridgehead atoms. The van der Waals surface area contributed by atoms with E-state index in [1.807, 2.05) is 0 Å². The van der Waals surface area contributed by atoms with Crippen LogP contribution in [0.5, 0.6) is 0 Å². The lowest BCUT2D eigenvalue weighted by Crippen LogP contribution is -2.29. The Kier molecular flexibility index (Phi) is 6.06. The summed E-state index contributed by atoms with van der Waals surface area (Å²) in [5, 5.41) is 3.65. The summed E-state index contributed by atoms with van der Waals surface area (Å²) in [5.41, 5.74) is 5.63. The predicted molar refractivity (Wildman–Crippen MR) is 85.5 cm³/mol. The predicted octanol–water partition coefficient (Wildman–Crippen LogP) is 4.63. The topological polar surface area (TPSA) is 12.0 Å². The molecule has 0 aliphatic carbocycles. The van der Waals surface area contributed by atoms with Gasteiger partial charge in [0.2, 0.25) is 0 Å². The van der Waals surface area contributed by atoms with Gasteiger partial charge in [0.1, 0.15) is 0 Å². The lowest BCUT2D eigenvalue weighted by atomic mass is 9.85. The molecular formula is C18H31N. The van der Waals surface area contributed by atoms with Gasteiger partial charge in [0.25, 0.3) is 0 Å². The van der Waals surface area contributed by atoms with Gasteiger partial charge >= 0.3 is 0 Å². The van der Waals surface area contributed by atoms with Crippen molar-refractivity contribution in [2.75, 3.05) is 6.54 Å². The molecule has 0 saturated heterocycles. The van der Waals surface area contributed by atoms with Crippen LogP contribution in [0.25, 0.3) is 0 Å². The van der Waals surface area contributed by atoms with Gasteiger partial charge in [0, 0.05) is 6.54 Å². The summed E-state index contributed by atoms with van der Waals surface area (Å²) in [5.74, 6) is 2.24. The molecule has 0 unspecified atom stereocenters. The average molecular weight is 261 g/mol. The Labute approximate surface area is 119 Å². The van der Waals surface area contributed by atoms with Gasteiger partial charge in [-0.2, -0.15) is 0 Å².